The molecule has 2 aliphatic rings. The molecule has 0 aliphatic carbocycles. The van der Waals surface area contributed by atoms with Crippen molar-refractivity contribution < 1.29 is 19.0 Å². The number of carbonyl (C=O) groups excluding carboxylic acids is 1. The number of rotatable bonds is 3. The van der Waals surface area contributed by atoms with Crippen LogP contribution in [0, 0.1) is 0 Å². The number of piperidine rings is 1. The number of benzene rings is 1. The Kier molecular flexibility index (Phi) is 4.74. The maximum Gasteiger partial charge on any atom is 0.255 e. The SMILES string of the molecule is COc1ccc2c(c1)CCOC21CCN(C(=O)c2ccc(OC)nc2)CC1. The van der Waals surface area contributed by atoms with Crippen molar-refractivity contribution in [2.24, 2.45) is 0 Å². The minimum Gasteiger partial charge on any atom is -0.497 e. The van der Waals surface area contributed by atoms with E-state index in [-0.39, 0.29) is 11.5 Å². The molecule has 2 aliphatic heterocycles. The summed E-state index contributed by atoms with van der Waals surface area (Å²) in [6.07, 6.45) is 4.06. The summed E-state index contributed by atoms with van der Waals surface area (Å²) in [5, 5.41) is 0. The molecule has 1 amide bonds. The Hall–Kier alpha value is -2.60. The number of carbonyl (C=O) groups is 1. The molecule has 1 aromatic carbocycles. The fraction of sp³-hybridized carbons (Fsp3) is 0.429. The fourth-order valence-electron chi connectivity index (χ4n) is 4.08. The summed E-state index contributed by atoms with van der Waals surface area (Å²) in [7, 11) is 3.25. The van der Waals surface area contributed by atoms with Crippen molar-refractivity contribution in [2.75, 3.05) is 33.9 Å². The van der Waals surface area contributed by atoms with Gasteiger partial charge in [0.2, 0.25) is 5.88 Å². The van der Waals surface area contributed by atoms with E-state index in [0.717, 1.165) is 25.0 Å². The van der Waals surface area contributed by atoms with Crippen molar-refractivity contribution in [1.29, 1.82) is 0 Å². The number of hydrogen-bond donors (Lipinski definition) is 0. The molecule has 6 nitrogen and oxygen atoms in total. The van der Waals surface area contributed by atoms with Gasteiger partial charge in [-0.25, -0.2) is 4.98 Å². The number of nitrogens with zero attached hydrogens (tertiary/aromatic N) is 2. The number of ether oxygens (including phenoxy) is 3. The maximum atomic E-state index is 12.8. The molecule has 27 heavy (non-hydrogen) atoms. The number of fused-ring (bicyclic) bond motifs is 2. The molecule has 1 spiro atoms. The van der Waals surface area contributed by atoms with Crippen molar-refractivity contribution >= 4 is 5.91 Å². The van der Waals surface area contributed by atoms with Crippen LogP contribution in [-0.2, 0) is 16.8 Å². The summed E-state index contributed by atoms with van der Waals surface area (Å²) in [5.74, 6) is 1.39. The Bertz CT molecular complexity index is 827. The minimum atomic E-state index is -0.297. The normalized spacial score (nSPS) is 18.1. The lowest BCUT2D eigenvalue weighted by atomic mass is 9.79. The van der Waals surface area contributed by atoms with E-state index in [4.69, 9.17) is 14.2 Å². The van der Waals surface area contributed by atoms with Gasteiger partial charge in [0, 0.05) is 25.4 Å². The summed E-state index contributed by atoms with van der Waals surface area (Å²) in [6.45, 7) is 2.03. The second kappa shape index (κ2) is 7.19. The van der Waals surface area contributed by atoms with Crippen LogP contribution in [-0.4, -0.2) is 49.7 Å². The van der Waals surface area contributed by atoms with Crippen molar-refractivity contribution in [3.05, 3.63) is 53.2 Å². The molecule has 142 valence electrons. The molecule has 1 aromatic heterocycles. The van der Waals surface area contributed by atoms with E-state index in [1.54, 1.807) is 32.5 Å². The third-order valence-electron chi connectivity index (χ3n) is 5.60. The summed E-state index contributed by atoms with van der Waals surface area (Å²) >= 11 is 0. The molecule has 3 heterocycles. The van der Waals surface area contributed by atoms with Crippen LogP contribution in [0.5, 0.6) is 11.6 Å². The van der Waals surface area contributed by atoms with Crippen LogP contribution in [0.1, 0.15) is 34.3 Å². The van der Waals surface area contributed by atoms with Crippen molar-refractivity contribution in [3.63, 3.8) is 0 Å². The topological polar surface area (TPSA) is 60.9 Å². The minimum absolute atomic E-state index is 0.00534. The van der Waals surface area contributed by atoms with Crippen LogP contribution >= 0.6 is 0 Å². The Morgan fingerprint density at radius 1 is 1.15 bits per heavy atom. The van der Waals surface area contributed by atoms with Gasteiger partial charge in [-0.2, -0.15) is 0 Å². The van der Waals surface area contributed by atoms with Crippen LogP contribution in [0.3, 0.4) is 0 Å². The standard InChI is InChI=1S/C21H24N2O4/c1-25-17-4-5-18-15(13-17)7-12-27-21(18)8-10-23(11-9-21)20(24)16-3-6-19(26-2)22-14-16/h3-6,13-14H,7-12H2,1-2H3. The average Bonchev–Trinajstić information content (AvgIpc) is 2.74. The van der Waals surface area contributed by atoms with Crippen LogP contribution in [0.25, 0.3) is 0 Å². The molecule has 0 radical (unpaired) electrons. The van der Waals surface area contributed by atoms with Gasteiger partial charge in [0.1, 0.15) is 5.75 Å². The van der Waals surface area contributed by atoms with E-state index in [1.807, 2.05) is 11.0 Å². The highest BCUT2D eigenvalue weighted by Gasteiger charge is 2.41. The summed E-state index contributed by atoms with van der Waals surface area (Å²) in [5.41, 5.74) is 2.82. The van der Waals surface area contributed by atoms with Crippen LogP contribution in [0.4, 0.5) is 0 Å². The molecule has 1 fully saturated rings. The largest absolute Gasteiger partial charge is 0.497 e. The lowest BCUT2D eigenvalue weighted by Crippen LogP contribution is -2.48. The van der Waals surface area contributed by atoms with Gasteiger partial charge >= 0.3 is 0 Å². The summed E-state index contributed by atoms with van der Waals surface area (Å²) in [4.78, 5) is 18.8. The van der Waals surface area contributed by atoms with Gasteiger partial charge in [0.05, 0.1) is 32.0 Å². The van der Waals surface area contributed by atoms with E-state index in [2.05, 4.69) is 17.1 Å². The van der Waals surface area contributed by atoms with Gasteiger partial charge in [-0.3, -0.25) is 4.79 Å². The zero-order chi connectivity index (χ0) is 18.9. The second-order valence-electron chi connectivity index (χ2n) is 7.00. The number of aromatic nitrogens is 1. The Balaban J connectivity index is 1.50. The van der Waals surface area contributed by atoms with E-state index in [1.165, 1.54) is 11.1 Å². The third kappa shape index (κ3) is 3.25. The molecule has 2 aromatic rings. The first-order chi connectivity index (χ1) is 13.1. The number of pyridine rings is 1. The number of hydrogen-bond acceptors (Lipinski definition) is 5. The van der Waals surface area contributed by atoms with Crippen molar-refractivity contribution in [2.45, 2.75) is 24.9 Å². The van der Waals surface area contributed by atoms with Crippen molar-refractivity contribution in [3.8, 4) is 11.6 Å². The molecule has 0 atom stereocenters. The first kappa shape index (κ1) is 17.8. The van der Waals surface area contributed by atoms with Crippen LogP contribution in [0.2, 0.25) is 0 Å². The monoisotopic (exact) mass is 368 g/mol. The maximum absolute atomic E-state index is 12.8. The van der Waals surface area contributed by atoms with Gasteiger partial charge in [-0.15, -0.1) is 0 Å². The van der Waals surface area contributed by atoms with Crippen LogP contribution in [0.15, 0.2) is 36.5 Å². The Morgan fingerprint density at radius 3 is 2.63 bits per heavy atom. The lowest BCUT2D eigenvalue weighted by molar-refractivity contribution is -0.0935. The first-order valence-electron chi connectivity index (χ1n) is 9.26. The Labute approximate surface area is 159 Å². The molecule has 1 saturated heterocycles. The van der Waals surface area contributed by atoms with E-state index < -0.39 is 0 Å². The molecular weight excluding hydrogens is 344 g/mol. The van der Waals surface area contributed by atoms with Crippen LogP contribution < -0.4 is 9.47 Å². The highest BCUT2D eigenvalue weighted by atomic mass is 16.5. The quantitative estimate of drug-likeness (QED) is 0.834. The molecule has 6 heteroatoms. The van der Waals surface area contributed by atoms with Crippen molar-refractivity contribution in [1.82, 2.24) is 9.88 Å². The lowest BCUT2D eigenvalue weighted by Gasteiger charge is -2.45. The predicted molar refractivity (Wildman–Crippen MR) is 100 cm³/mol. The number of methoxy groups -OCH3 is 2. The van der Waals surface area contributed by atoms with E-state index in [9.17, 15) is 4.79 Å². The summed E-state index contributed by atoms with van der Waals surface area (Å²) in [6, 6.07) is 9.71. The van der Waals surface area contributed by atoms with Gasteiger partial charge in [0.25, 0.3) is 5.91 Å². The highest BCUT2D eigenvalue weighted by molar-refractivity contribution is 5.94. The Morgan fingerprint density at radius 2 is 1.96 bits per heavy atom. The molecule has 0 bridgehead atoms. The number of amides is 1. The molecule has 0 saturated carbocycles. The molecule has 0 unspecified atom stereocenters. The van der Waals surface area contributed by atoms with Gasteiger partial charge in [0.15, 0.2) is 0 Å². The molecule has 0 N–H and O–H groups in total. The van der Waals surface area contributed by atoms with E-state index >= 15 is 0 Å². The van der Waals surface area contributed by atoms with Gasteiger partial charge < -0.3 is 19.1 Å². The van der Waals surface area contributed by atoms with Gasteiger partial charge in [-0.05, 0) is 48.6 Å². The van der Waals surface area contributed by atoms with Gasteiger partial charge in [-0.1, -0.05) is 6.07 Å². The smallest absolute Gasteiger partial charge is 0.255 e. The number of likely N-dealkylation sites (tertiary alicyclic amines) is 1. The van der Waals surface area contributed by atoms with E-state index in [0.29, 0.717) is 31.1 Å². The second-order valence-corrected chi connectivity index (χ2v) is 7.00. The fourth-order valence-corrected chi connectivity index (χ4v) is 4.08. The highest BCUT2D eigenvalue weighted by Crippen LogP contribution is 2.42. The summed E-state index contributed by atoms with van der Waals surface area (Å²) < 4.78 is 16.7. The first-order valence-corrected chi connectivity index (χ1v) is 9.26. The average molecular weight is 368 g/mol. The zero-order valence-corrected chi connectivity index (χ0v) is 15.7. The zero-order valence-electron chi connectivity index (χ0n) is 15.7. The molecular formula is C21H24N2O4. The molecule has 4 rings (SSSR count). The predicted octanol–water partition coefficient (Wildman–Crippen LogP) is 2.80. The third-order valence-corrected chi connectivity index (χ3v) is 5.60.